The zero-order chi connectivity index (χ0) is 17.1. The van der Waals surface area contributed by atoms with E-state index >= 15 is 0 Å². The molecule has 0 bridgehead atoms. The minimum Gasteiger partial charge on any atom is -0.370 e. The minimum absolute atomic E-state index is 0. The van der Waals surface area contributed by atoms with Crippen molar-refractivity contribution in [3.8, 4) is 11.3 Å². The fraction of sp³-hybridized carbons (Fsp3) is 0.200. The number of aryl methyl sites for hydroxylation is 2. The van der Waals surface area contributed by atoms with Gasteiger partial charge in [0.25, 0.3) is 0 Å². The van der Waals surface area contributed by atoms with Crippen molar-refractivity contribution in [1.82, 2.24) is 5.16 Å². The van der Waals surface area contributed by atoms with Crippen molar-refractivity contribution >= 4 is 35.6 Å². The summed E-state index contributed by atoms with van der Waals surface area (Å²) >= 11 is 0. The van der Waals surface area contributed by atoms with Gasteiger partial charge in [0.2, 0.25) is 0 Å². The molecule has 0 unspecified atom stereocenters. The summed E-state index contributed by atoms with van der Waals surface area (Å²) < 4.78 is 5.37. The third-order valence-corrected chi connectivity index (χ3v) is 4.40. The fourth-order valence-corrected chi connectivity index (χ4v) is 3.13. The maximum Gasteiger partial charge on any atom is 0.193 e. The molecule has 3 aromatic rings. The first kappa shape index (κ1) is 18.4. The molecule has 0 spiro atoms. The number of anilines is 1. The van der Waals surface area contributed by atoms with Crippen LogP contribution < -0.4 is 11.1 Å². The van der Waals surface area contributed by atoms with Gasteiger partial charge in [-0.25, -0.2) is 4.99 Å². The monoisotopic (exact) mass is 460 g/mol. The molecule has 1 aliphatic carbocycles. The first-order valence-electron chi connectivity index (χ1n) is 8.48. The van der Waals surface area contributed by atoms with Crippen LogP contribution in [0, 0.1) is 0 Å². The van der Waals surface area contributed by atoms with E-state index in [2.05, 4.69) is 33.7 Å². The normalized spacial score (nSPS) is 13.2. The molecule has 1 aliphatic rings. The van der Waals surface area contributed by atoms with Gasteiger partial charge in [-0.15, -0.1) is 24.0 Å². The Labute approximate surface area is 169 Å². The number of guanidine groups is 1. The number of fused-ring (bicyclic) bond motifs is 1. The Kier molecular flexibility index (Phi) is 5.92. The molecule has 134 valence electrons. The Morgan fingerprint density at radius 3 is 2.73 bits per heavy atom. The SMILES string of the molecule is I.NC(=NCc1cc(-c2ccccc2)on1)Nc1ccc2c(c1)CCC2. The third kappa shape index (κ3) is 4.24. The maximum absolute atomic E-state index is 6.00. The van der Waals surface area contributed by atoms with Gasteiger partial charge >= 0.3 is 0 Å². The van der Waals surface area contributed by atoms with E-state index in [1.54, 1.807) is 0 Å². The molecule has 26 heavy (non-hydrogen) atoms. The number of hydrogen-bond donors (Lipinski definition) is 2. The van der Waals surface area contributed by atoms with Crippen LogP contribution in [0.3, 0.4) is 0 Å². The zero-order valence-electron chi connectivity index (χ0n) is 14.3. The number of rotatable bonds is 4. The van der Waals surface area contributed by atoms with E-state index in [9.17, 15) is 0 Å². The van der Waals surface area contributed by atoms with Gasteiger partial charge in [-0.1, -0.05) is 41.6 Å². The second-order valence-corrected chi connectivity index (χ2v) is 6.21. The van der Waals surface area contributed by atoms with Crippen molar-refractivity contribution in [3.05, 3.63) is 71.4 Å². The first-order chi connectivity index (χ1) is 12.3. The van der Waals surface area contributed by atoms with Crippen molar-refractivity contribution in [2.24, 2.45) is 10.7 Å². The molecule has 2 aromatic carbocycles. The van der Waals surface area contributed by atoms with Crippen molar-refractivity contribution in [1.29, 1.82) is 0 Å². The topological polar surface area (TPSA) is 76.4 Å². The predicted octanol–water partition coefficient (Wildman–Crippen LogP) is 4.38. The van der Waals surface area contributed by atoms with E-state index < -0.39 is 0 Å². The van der Waals surface area contributed by atoms with E-state index in [1.807, 2.05) is 36.4 Å². The predicted molar refractivity (Wildman–Crippen MR) is 115 cm³/mol. The summed E-state index contributed by atoms with van der Waals surface area (Å²) in [6, 6.07) is 18.1. The van der Waals surface area contributed by atoms with Gasteiger partial charge in [0.05, 0.1) is 6.54 Å². The van der Waals surface area contributed by atoms with Gasteiger partial charge in [-0.3, -0.25) is 0 Å². The van der Waals surface area contributed by atoms with E-state index in [1.165, 1.54) is 24.0 Å². The molecule has 0 fully saturated rings. The lowest BCUT2D eigenvalue weighted by Crippen LogP contribution is -2.22. The molecular weight excluding hydrogens is 439 g/mol. The number of nitrogens with two attached hydrogens (primary N) is 1. The molecule has 6 heteroatoms. The van der Waals surface area contributed by atoms with Gasteiger partial charge in [-0.05, 0) is 42.5 Å². The summed E-state index contributed by atoms with van der Waals surface area (Å²) in [6.07, 6.45) is 3.55. The Morgan fingerprint density at radius 2 is 1.88 bits per heavy atom. The second kappa shape index (κ2) is 8.35. The number of nitrogens with one attached hydrogen (secondary N) is 1. The largest absolute Gasteiger partial charge is 0.370 e. The van der Waals surface area contributed by atoms with Gasteiger partial charge in [-0.2, -0.15) is 0 Å². The number of benzene rings is 2. The second-order valence-electron chi connectivity index (χ2n) is 6.21. The molecule has 0 radical (unpaired) electrons. The Balaban J connectivity index is 0.00000196. The summed E-state index contributed by atoms with van der Waals surface area (Å²) in [7, 11) is 0. The lowest BCUT2D eigenvalue weighted by Gasteiger charge is -2.07. The highest BCUT2D eigenvalue weighted by atomic mass is 127. The standard InChI is InChI=1S/C20H20N4O.HI/c21-20(23-17-10-9-14-7-4-8-16(14)11-17)22-13-18-12-19(25-24-18)15-5-2-1-3-6-15;/h1-3,5-6,9-12H,4,7-8,13H2,(H3,21,22,23);1H. The lowest BCUT2D eigenvalue weighted by atomic mass is 10.1. The maximum atomic E-state index is 6.00. The van der Waals surface area contributed by atoms with Crippen molar-refractivity contribution in [2.75, 3.05) is 5.32 Å². The molecule has 0 saturated heterocycles. The van der Waals surface area contributed by atoms with Crippen LogP contribution in [-0.2, 0) is 19.4 Å². The number of aromatic nitrogens is 1. The van der Waals surface area contributed by atoms with E-state index in [4.69, 9.17) is 10.3 Å². The van der Waals surface area contributed by atoms with Gasteiger partial charge < -0.3 is 15.6 Å². The van der Waals surface area contributed by atoms with E-state index in [0.717, 1.165) is 29.1 Å². The summed E-state index contributed by atoms with van der Waals surface area (Å²) in [4.78, 5) is 4.35. The van der Waals surface area contributed by atoms with E-state index in [-0.39, 0.29) is 24.0 Å². The van der Waals surface area contributed by atoms with Crippen LogP contribution in [0.5, 0.6) is 0 Å². The smallest absolute Gasteiger partial charge is 0.193 e. The molecule has 5 nitrogen and oxygen atoms in total. The fourth-order valence-electron chi connectivity index (χ4n) is 3.13. The summed E-state index contributed by atoms with van der Waals surface area (Å²) in [5.41, 5.74) is 11.6. The van der Waals surface area contributed by atoms with Crippen LogP contribution in [-0.4, -0.2) is 11.1 Å². The highest BCUT2D eigenvalue weighted by Gasteiger charge is 2.11. The Morgan fingerprint density at radius 1 is 1.08 bits per heavy atom. The Hall–Kier alpha value is -2.35. The number of nitrogens with zero attached hydrogens (tertiary/aromatic N) is 2. The van der Waals surface area contributed by atoms with Crippen LogP contribution in [0.4, 0.5) is 5.69 Å². The quantitative estimate of drug-likeness (QED) is 0.344. The van der Waals surface area contributed by atoms with Gasteiger partial charge in [0, 0.05) is 17.3 Å². The number of halogens is 1. The lowest BCUT2D eigenvalue weighted by molar-refractivity contribution is 0.424. The average molecular weight is 460 g/mol. The third-order valence-electron chi connectivity index (χ3n) is 4.40. The molecule has 1 aromatic heterocycles. The van der Waals surface area contributed by atoms with Crippen LogP contribution in [0.25, 0.3) is 11.3 Å². The molecule has 3 N–H and O–H groups in total. The Bertz CT molecular complexity index is 905. The molecule has 0 amide bonds. The van der Waals surface area contributed by atoms with Crippen LogP contribution in [0.1, 0.15) is 23.2 Å². The molecular formula is C20H21IN4O. The highest BCUT2D eigenvalue weighted by molar-refractivity contribution is 14.0. The highest BCUT2D eigenvalue weighted by Crippen LogP contribution is 2.25. The van der Waals surface area contributed by atoms with Crippen LogP contribution in [0.2, 0.25) is 0 Å². The van der Waals surface area contributed by atoms with Gasteiger partial charge in [0.1, 0.15) is 5.69 Å². The number of aliphatic imine (C=N–C) groups is 1. The van der Waals surface area contributed by atoms with Crippen molar-refractivity contribution in [3.63, 3.8) is 0 Å². The summed E-state index contributed by atoms with van der Waals surface area (Å²) in [6.45, 7) is 0.375. The van der Waals surface area contributed by atoms with Crippen molar-refractivity contribution < 1.29 is 4.52 Å². The average Bonchev–Trinajstić information content (AvgIpc) is 3.30. The molecule has 0 saturated carbocycles. The van der Waals surface area contributed by atoms with Gasteiger partial charge in [0.15, 0.2) is 11.7 Å². The molecule has 0 aliphatic heterocycles. The van der Waals surface area contributed by atoms with E-state index in [0.29, 0.717) is 12.5 Å². The van der Waals surface area contributed by atoms with Crippen molar-refractivity contribution in [2.45, 2.75) is 25.8 Å². The molecule has 1 heterocycles. The van der Waals surface area contributed by atoms with Crippen LogP contribution >= 0.6 is 24.0 Å². The molecule has 0 atom stereocenters. The summed E-state index contributed by atoms with van der Waals surface area (Å²) in [5.74, 6) is 1.11. The summed E-state index contributed by atoms with van der Waals surface area (Å²) in [5, 5.41) is 7.20. The number of hydrogen-bond acceptors (Lipinski definition) is 3. The first-order valence-corrected chi connectivity index (χ1v) is 8.48. The van der Waals surface area contributed by atoms with Crippen LogP contribution in [0.15, 0.2) is 64.1 Å². The minimum atomic E-state index is 0. The zero-order valence-corrected chi connectivity index (χ0v) is 16.6. The molecule has 4 rings (SSSR count).